The van der Waals surface area contributed by atoms with E-state index in [0.717, 1.165) is 18.2 Å². The van der Waals surface area contributed by atoms with Crippen molar-refractivity contribution in [1.29, 1.82) is 0 Å². The lowest BCUT2D eigenvalue weighted by Crippen LogP contribution is -2.16. The summed E-state index contributed by atoms with van der Waals surface area (Å²) in [5.74, 6) is -2.17. The average Bonchev–Trinajstić information content (AvgIpc) is 2.42. The summed E-state index contributed by atoms with van der Waals surface area (Å²) in [7, 11) is -3.90. The van der Waals surface area contributed by atoms with Crippen LogP contribution in [0.3, 0.4) is 0 Å². The van der Waals surface area contributed by atoms with Crippen molar-refractivity contribution in [2.75, 3.05) is 4.72 Å². The number of nitrogens with two attached hydrogens (primary N) is 1. The third-order valence-corrected chi connectivity index (χ3v) is 4.14. The van der Waals surface area contributed by atoms with Gasteiger partial charge < -0.3 is 5.73 Å². The lowest BCUT2D eigenvalue weighted by molar-refractivity contribution is 0.509. The molecule has 3 N–H and O–H groups in total. The first-order valence-corrected chi connectivity index (χ1v) is 7.18. The zero-order valence-electron chi connectivity index (χ0n) is 10.3. The molecule has 0 aliphatic carbocycles. The number of rotatable bonds is 4. The molecule has 2 rings (SSSR count). The van der Waals surface area contributed by atoms with Crippen molar-refractivity contribution in [2.24, 2.45) is 5.73 Å². The normalized spacial score (nSPS) is 11.3. The molecule has 0 unspecified atom stereocenters. The highest BCUT2D eigenvalue weighted by molar-refractivity contribution is 7.92. The fourth-order valence-electron chi connectivity index (χ4n) is 1.70. The van der Waals surface area contributed by atoms with E-state index in [1.807, 2.05) is 0 Å². The lowest BCUT2D eigenvalue weighted by Gasteiger charge is -2.11. The third kappa shape index (κ3) is 2.94. The standard InChI is InChI=1S/C13H12F2N2O2S/c14-11-6-5-10(7-12(11)15)17-20(18,19)13-4-2-1-3-9(13)8-16/h1-7,17H,8,16H2. The molecule has 0 fully saturated rings. The summed E-state index contributed by atoms with van der Waals surface area (Å²) in [5.41, 5.74) is 5.86. The Bertz CT molecular complexity index is 733. The fourth-order valence-corrected chi connectivity index (χ4v) is 3.01. The van der Waals surface area contributed by atoms with Crippen LogP contribution in [0.5, 0.6) is 0 Å². The topological polar surface area (TPSA) is 72.2 Å². The molecule has 0 saturated heterocycles. The molecule has 20 heavy (non-hydrogen) atoms. The second-order valence-electron chi connectivity index (χ2n) is 4.05. The lowest BCUT2D eigenvalue weighted by atomic mass is 10.2. The summed E-state index contributed by atoms with van der Waals surface area (Å²) < 4.78 is 52.5. The number of benzene rings is 2. The first kappa shape index (κ1) is 14.4. The van der Waals surface area contributed by atoms with Crippen molar-refractivity contribution in [3.05, 3.63) is 59.7 Å². The van der Waals surface area contributed by atoms with Gasteiger partial charge in [0.25, 0.3) is 10.0 Å². The van der Waals surface area contributed by atoms with Gasteiger partial charge in [-0.25, -0.2) is 17.2 Å². The SMILES string of the molecule is NCc1ccccc1S(=O)(=O)Nc1ccc(F)c(F)c1. The summed E-state index contributed by atoms with van der Waals surface area (Å²) in [6, 6.07) is 8.96. The zero-order valence-corrected chi connectivity index (χ0v) is 11.1. The Morgan fingerprint density at radius 3 is 2.40 bits per heavy atom. The van der Waals surface area contributed by atoms with Gasteiger partial charge in [-0.15, -0.1) is 0 Å². The summed E-state index contributed by atoms with van der Waals surface area (Å²) in [6.45, 7) is 0.0505. The van der Waals surface area contributed by atoms with Gasteiger partial charge in [-0.05, 0) is 23.8 Å². The van der Waals surface area contributed by atoms with Crippen LogP contribution in [0.15, 0.2) is 47.4 Å². The van der Waals surface area contributed by atoms with Crippen LogP contribution >= 0.6 is 0 Å². The van der Waals surface area contributed by atoms with Crippen LogP contribution in [0.2, 0.25) is 0 Å². The summed E-state index contributed by atoms with van der Waals surface area (Å²) in [6.07, 6.45) is 0. The van der Waals surface area contributed by atoms with Crippen LogP contribution in [-0.2, 0) is 16.6 Å². The van der Waals surface area contributed by atoms with E-state index in [1.165, 1.54) is 6.07 Å². The molecule has 2 aromatic carbocycles. The maximum Gasteiger partial charge on any atom is 0.262 e. The van der Waals surface area contributed by atoms with E-state index >= 15 is 0 Å². The Morgan fingerprint density at radius 1 is 1.05 bits per heavy atom. The number of sulfonamides is 1. The molecule has 0 atom stereocenters. The third-order valence-electron chi connectivity index (χ3n) is 2.65. The Labute approximate surface area is 115 Å². The maximum atomic E-state index is 13.1. The first-order chi connectivity index (χ1) is 9.44. The first-order valence-electron chi connectivity index (χ1n) is 5.70. The highest BCUT2D eigenvalue weighted by Crippen LogP contribution is 2.20. The van der Waals surface area contributed by atoms with E-state index in [-0.39, 0.29) is 17.1 Å². The van der Waals surface area contributed by atoms with E-state index in [9.17, 15) is 17.2 Å². The fraction of sp³-hybridized carbons (Fsp3) is 0.0769. The molecule has 106 valence electrons. The van der Waals surface area contributed by atoms with Crippen LogP contribution < -0.4 is 10.5 Å². The van der Waals surface area contributed by atoms with Crippen molar-refractivity contribution in [1.82, 2.24) is 0 Å². The molecule has 0 radical (unpaired) electrons. The minimum atomic E-state index is -3.90. The smallest absolute Gasteiger partial charge is 0.262 e. The molecule has 0 bridgehead atoms. The highest BCUT2D eigenvalue weighted by atomic mass is 32.2. The van der Waals surface area contributed by atoms with Gasteiger partial charge in [-0.3, -0.25) is 4.72 Å². The van der Waals surface area contributed by atoms with Gasteiger partial charge in [0.1, 0.15) is 0 Å². The summed E-state index contributed by atoms with van der Waals surface area (Å²) in [5, 5.41) is 0. The summed E-state index contributed by atoms with van der Waals surface area (Å²) in [4.78, 5) is 0.00670. The number of hydrogen-bond acceptors (Lipinski definition) is 3. The molecule has 7 heteroatoms. The predicted molar refractivity (Wildman–Crippen MR) is 71.5 cm³/mol. The zero-order chi connectivity index (χ0) is 14.8. The highest BCUT2D eigenvalue weighted by Gasteiger charge is 2.18. The van der Waals surface area contributed by atoms with Gasteiger partial charge in [-0.1, -0.05) is 18.2 Å². The molecular weight excluding hydrogens is 286 g/mol. The molecule has 0 amide bonds. The number of hydrogen-bond donors (Lipinski definition) is 2. The van der Waals surface area contributed by atoms with Crippen molar-refractivity contribution in [3.63, 3.8) is 0 Å². The van der Waals surface area contributed by atoms with E-state index in [0.29, 0.717) is 5.56 Å². The van der Waals surface area contributed by atoms with Crippen molar-refractivity contribution in [3.8, 4) is 0 Å². The minimum Gasteiger partial charge on any atom is -0.326 e. The average molecular weight is 298 g/mol. The van der Waals surface area contributed by atoms with E-state index < -0.39 is 21.7 Å². The number of halogens is 2. The Morgan fingerprint density at radius 2 is 1.75 bits per heavy atom. The Kier molecular flexibility index (Phi) is 4.01. The summed E-state index contributed by atoms with van der Waals surface area (Å²) >= 11 is 0. The Hall–Kier alpha value is -1.99. The van der Waals surface area contributed by atoms with Gasteiger partial charge in [0.05, 0.1) is 10.6 Å². The number of nitrogens with one attached hydrogen (secondary N) is 1. The van der Waals surface area contributed by atoms with Gasteiger partial charge >= 0.3 is 0 Å². The quantitative estimate of drug-likeness (QED) is 0.909. The molecule has 0 aromatic heterocycles. The van der Waals surface area contributed by atoms with Crippen molar-refractivity contribution < 1.29 is 17.2 Å². The van der Waals surface area contributed by atoms with Gasteiger partial charge in [0, 0.05) is 12.6 Å². The molecule has 4 nitrogen and oxygen atoms in total. The molecular formula is C13H12F2N2O2S. The van der Waals surface area contributed by atoms with Gasteiger partial charge in [-0.2, -0.15) is 0 Å². The molecule has 2 aromatic rings. The molecule has 0 saturated carbocycles. The minimum absolute atomic E-state index is 0.00670. The van der Waals surface area contributed by atoms with Crippen LogP contribution in [-0.4, -0.2) is 8.42 Å². The monoisotopic (exact) mass is 298 g/mol. The van der Waals surface area contributed by atoms with Crippen molar-refractivity contribution >= 4 is 15.7 Å². The second-order valence-corrected chi connectivity index (χ2v) is 5.70. The van der Waals surface area contributed by atoms with Crippen LogP contribution in [0.1, 0.15) is 5.56 Å². The molecule has 0 heterocycles. The van der Waals surface area contributed by atoms with Crippen LogP contribution in [0, 0.1) is 11.6 Å². The second kappa shape index (κ2) is 5.56. The van der Waals surface area contributed by atoms with E-state index in [4.69, 9.17) is 5.73 Å². The van der Waals surface area contributed by atoms with Gasteiger partial charge in [0.2, 0.25) is 0 Å². The molecule has 0 spiro atoms. The molecule has 0 aliphatic heterocycles. The van der Waals surface area contributed by atoms with E-state index in [2.05, 4.69) is 4.72 Å². The maximum absolute atomic E-state index is 13.1. The van der Waals surface area contributed by atoms with Crippen molar-refractivity contribution in [2.45, 2.75) is 11.4 Å². The van der Waals surface area contributed by atoms with E-state index in [1.54, 1.807) is 18.2 Å². The molecule has 0 aliphatic rings. The largest absolute Gasteiger partial charge is 0.326 e. The predicted octanol–water partition coefficient (Wildman–Crippen LogP) is 2.22. The van der Waals surface area contributed by atoms with Crippen LogP contribution in [0.25, 0.3) is 0 Å². The Balaban J connectivity index is 2.38. The van der Waals surface area contributed by atoms with Gasteiger partial charge in [0.15, 0.2) is 11.6 Å². The van der Waals surface area contributed by atoms with Crippen LogP contribution in [0.4, 0.5) is 14.5 Å². The number of anilines is 1.